The maximum Gasteiger partial charge on any atom is 0.231 e. The lowest BCUT2D eigenvalue weighted by Gasteiger charge is -2.24. The Kier molecular flexibility index (Phi) is 5.51. The molecule has 0 bridgehead atoms. The number of hydrogen-bond donors (Lipinski definition) is 1. The van der Waals surface area contributed by atoms with Crippen molar-refractivity contribution < 1.29 is 9.59 Å². The van der Waals surface area contributed by atoms with Crippen molar-refractivity contribution in [2.75, 3.05) is 13.1 Å². The summed E-state index contributed by atoms with van der Waals surface area (Å²) in [5.41, 5.74) is 8.03. The zero-order chi connectivity index (χ0) is 15.4. The van der Waals surface area contributed by atoms with Crippen molar-refractivity contribution in [1.82, 2.24) is 9.47 Å². The van der Waals surface area contributed by atoms with E-state index >= 15 is 0 Å². The minimum Gasteiger partial charge on any atom is -0.369 e. The fourth-order valence-corrected chi connectivity index (χ4v) is 2.46. The number of nitrogens with two attached hydrogens (primary N) is 1. The first-order valence-electron chi connectivity index (χ1n) is 7.00. The number of nitrogens with zero attached hydrogens (tertiary/aromatic N) is 2. The second kappa shape index (κ2) is 6.70. The van der Waals surface area contributed by atoms with Gasteiger partial charge in [-0.1, -0.05) is 0 Å². The first-order valence-corrected chi connectivity index (χ1v) is 7.00. The largest absolute Gasteiger partial charge is 0.369 e. The van der Waals surface area contributed by atoms with Crippen LogP contribution >= 0.6 is 0 Å². The maximum atomic E-state index is 12.4. The van der Waals surface area contributed by atoms with Gasteiger partial charge in [0.15, 0.2) is 5.78 Å². The number of aromatic nitrogens is 1. The van der Waals surface area contributed by atoms with Crippen molar-refractivity contribution in [1.29, 1.82) is 0 Å². The molecule has 1 rings (SSSR count). The number of hydrogen-bond acceptors (Lipinski definition) is 3. The summed E-state index contributed by atoms with van der Waals surface area (Å²) in [6, 6.07) is 2.02. The number of ketones is 1. The van der Waals surface area contributed by atoms with Crippen molar-refractivity contribution in [2.24, 2.45) is 5.73 Å². The Balaban J connectivity index is 2.92. The van der Waals surface area contributed by atoms with E-state index in [4.69, 9.17) is 5.73 Å². The molecule has 2 N–H and O–H groups in total. The van der Waals surface area contributed by atoms with E-state index in [-0.39, 0.29) is 24.9 Å². The molecule has 0 fully saturated rings. The first kappa shape index (κ1) is 16.4. The molecular weight excluding hydrogens is 254 g/mol. The fraction of sp³-hybridized carbons (Fsp3) is 0.600. The average Bonchev–Trinajstić information content (AvgIpc) is 2.62. The van der Waals surface area contributed by atoms with Crippen LogP contribution in [-0.2, 0) is 11.3 Å². The smallest absolute Gasteiger partial charge is 0.231 e. The van der Waals surface area contributed by atoms with E-state index in [1.807, 2.05) is 33.8 Å². The second-order valence-corrected chi connectivity index (χ2v) is 5.42. The van der Waals surface area contributed by atoms with Crippen LogP contribution in [0.4, 0.5) is 0 Å². The van der Waals surface area contributed by atoms with Crippen molar-refractivity contribution in [3.05, 3.63) is 23.0 Å². The molecule has 0 saturated heterocycles. The third kappa shape index (κ3) is 3.70. The highest BCUT2D eigenvalue weighted by Crippen LogP contribution is 2.16. The third-order valence-electron chi connectivity index (χ3n) is 3.63. The van der Waals surface area contributed by atoms with Crippen LogP contribution in [0.15, 0.2) is 6.07 Å². The Morgan fingerprint density at radius 3 is 2.30 bits per heavy atom. The van der Waals surface area contributed by atoms with E-state index in [9.17, 15) is 9.59 Å². The summed E-state index contributed by atoms with van der Waals surface area (Å²) < 4.78 is 2.11. The molecule has 5 heteroatoms. The molecule has 1 aromatic rings. The Morgan fingerprint density at radius 2 is 1.90 bits per heavy atom. The van der Waals surface area contributed by atoms with Gasteiger partial charge in [-0.15, -0.1) is 0 Å². The number of amides is 1. The van der Waals surface area contributed by atoms with Crippen LogP contribution in [0.5, 0.6) is 0 Å². The molecule has 1 heterocycles. The van der Waals surface area contributed by atoms with Crippen LogP contribution in [0.1, 0.15) is 42.5 Å². The predicted molar refractivity (Wildman–Crippen MR) is 79.8 cm³/mol. The average molecular weight is 279 g/mol. The number of carbonyl (C=O) groups is 2. The van der Waals surface area contributed by atoms with E-state index in [1.165, 1.54) is 0 Å². The summed E-state index contributed by atoms with van der Waals surface area (Å²) in [4.78, 5) is 25.3. The van der Waals surface area contributed by atoms with E-state index in [0.29, 0.717) is 0 Å². The molecule has 112 valence electrons. The van der Waals surface area contributed by atoms with Gasteiger partial charge in [0.1, 0.15) is 0 Å². The van der Waals surface area contributed by atoms with Crippen molar-refractivity contribution in [3.8, 4) is 0 Å². The van der Waals surface area contributed by atoms with Gasteiger partial charge in [0.25, 0.3) is 0 Å². The van der Waals surface area contributed by atoms with Crippen molar-refractivity contribution >= 4 is 11.7 Å². The number of primary amides is 1. The molecule has 0 aliphatic heterocycles. The normalized spacial score (nSPS) is 11.3. The highest BCUT2D eigenvalue weighted by molar-refractivity contribution is 5.99. The molecule has 0 radical (unpaired) electrons. The SMILES string of the molecule is CCn1c(C)cc(C(=O)CN(CC(N)=O)C(C)C)c1C. The summed E-state index contributed by atoms with van der Waals surface area (Å²) in [6.07, 6.45) is 0. The standard InChI is InChI=1S/C15H25N3O2/c1-6-18-11(4)7-13(12(18)5)14(19)8-17(10(2)3)9-15(16)20/h7,10H,6,8-9H2,1-5H3,(H2,16,20). The van der Waals surface area contributed by atoms with E-state index < -0.39 is 5.91 Å². The van der Waals surface area contributed by atoms with Crippen LogP contribution in [0.25, 0.3) is 0 Å². The summed E-state index contributed by atoms with van der Waals surface area (Å²) in [7, 11) is 0. The van der Waals surface area contributed by atoms with Gasteiger partial charge >= 0.3 is 0 Å². The monoisotopic (exact) mass is 279 g/mol. The topological polar surface area (TPSA) is 68.3 Å². The Labute approximate surface area is 120 Å². The summed E-state index contributed by atoms with van der Waals surface area (Å²) >= 11 is 0. The molecule has 0 aliphatic rings. The summed E-state index contributed by atoms with van der Waals surface area (Å²) in [5.74, 6) is -0.377. The molecule has 0 atom stereocenters. The molecule has 1 aromatic heterocycles. The van der Waals surface area contributed by atoms with Gasteiger partial charge in [0.2, 0.25) is 5.91 Å². The molecule has 20 heavy (non-hydrogen) atoms. The quantitative estimate of drug-likeness (QED) is 0.769. The number of carbonyl (C=O) groups excluding carboxylic acids is 2. The lowest BCUT2D eigenvalue weighted by Crippen LogP contribution is -2.41. The van der Waals surface area contributed by atoms with Gasteiger partial charge in [-0.3, -0.25) is 14.5 Å². The van der Waals surface area contributed by atoms with Gasteiger partial charge in [-0.25, -0.2) is 0 Å². The predicted octanol–water partition coefficient (Wildman–Crippen LogP) is 1.50. The maximum absolute atomic E-state index is 12.4. The van der Waals surface area contributed by atoms with E-state index in [0.717, 1.165) is 23.5 Å². The van der Waals surface area contributed by atoms with Crippen molar-refractivity contribution in [2.45, 2.75) is 47.2 Å². The molecule has 0 aromatic carbocycles. The minimum absolute atomic E-state index is 0.0350. The van der Waals surface area contributed by atoms with Crippen LogP contribution in [0.2, 0.25) is 0 Å². The van der Waals surface area contributed by atoms with Gasteiger partial charge in [-0.2, -0.15) is 0 Å². The van der Waals surface area contributed by atoms with E-state index in [1.54, 1.807) is 4.90 Å². The molecule has 0 saturated carbocycles. The molecule has 0 spiro atoms. The molecule has 0 aliphatic carbocycles. The van der Waals surface area contributed by atoms with Gasteiger partial charge in [0, 0.05) is 29.5 Å². The zero-order valence-corrected chi connectivity index (χ0v) is 13.1. The van der Waals surface area contributed by atoms with Crippen LogP contribution in [-0.4, -0.2) is 40.3 Å². The molecule has 5 nitrogen and oxygen atoms in total. The Hall–Kier alpha value is -1.62. The highest BCUT2D eigenvalue weighted by Gasteiger charge is 2.20. The Morgan fingerprint density at radius 1 is 1.30 bits per heavy atom. The van der Waals surface area contributed by atoms with Crippen LogP contribution in [0, 0.1) is 13.8 Å². The lowest BCUT2D eigenvalue weighted by molar-refractivity contribution is -0.119. The lowest BCUT2D eigenvalue weighted by atomic mass is 10.1. The van der Waals surface area contributed by atoms with Crippen LogP contribution in [0.3, 0.4) is 0 Å². The van der Waals surface area contributed by atoms with Gasteiger partial charge in [0.05, 0.1) is 13.1 Å². The first-order chi connectivity index (χ1) is 9.27. The Bertz CT molecular complexity index is 503. The second-order valence-electron chi connectivity index (χ2n) is 5.42. The summed E-state index contributed by atoms with van der Waals surface area (Å²) in [5, 5.41) is 0. The highest BCUT2D eigenvalue weighted by atomic mass is 16.1. The zero-order valence-electron chi connectivity index (χ0n) is 13.1. The van der Waals surface area contributed by atoms with E-state index in [2.05, 4.69) is 11.5 Å². The third-order valence-corrected chi connectivity index (χ3v) is 3.63. The summed E-state index contributed by atoms with van der Waals surface area (Å²) in [6.45, 7) is 11.1. The van der Waals surface area contributed by atoms with Gasteiger partial charge in [-0.05, 0) is 40.7 Å². The van der Waals surface area contributed by atoms with Crippen LogP contribution < -0.4 is 5.73 Å². The molecule has 1 amide bonds. The minimum atomic E-state index is -0.412. The van der Waals surface area contributed by atoms with Gasteiger partial charge < -0.3 is 10.3 Å². The number of Topliss-reactive ketones (excluding diaryl/α,β-unsaturated/α-hetero) is 1. The fourth-order valence-electron chi connectivity index (χ4n) is 2.46. The molecular formula is C15H25N3O2. The number of rotatable bonds is 7. The molecule has 0 unspecified atom stereocenters. The van der Waals surface area contributed by atoms with Crippen molar-refractivity contribution in [3.63, 3.8) is 0 Å². The number of aryl methyl sites for hydroxylation is 1.